The molecule has 4 atom stereocenters. The van der Waals surface area contributed by atoms with E-state index in [1.165, 1.54) is 0 Å². The van der Waals surface area contributed by atoms with Gasteiger partial charge in [0.2, 0.25) is 0 Å². The predicted molar refractivity (Wildman–Crippen MR) is 75.7 cm³/mol. The average molecular weight is 272 g/mol. The van der Waals surface area contributed by atoms with Gasteiger partial charge in [-0.2, -0.15) is 28.6 Å². The molecule has 1 N–H and O–H groups in total. The molecule has 1 aliphatic heterocycles. The van der Waals surface area contributed by atoms with Gasteiger partial charge in [0, 0.05) is 28.6 Å². The number of hydrogen-bond donors (Lipinski definition) is 1. The van der Waals surface area contributed by atoms with E-state index in [1.54, 1.807) is 4.68 Å². The predicted octanol–water partition coefficient (Wildman–Crippen LogP) is 2.39. The zero-order chi connectivity index (χ0) is 12.6. The molecule has 3 nitrogen and oxygen atoms in total. The summed E-state index contributed by atoms with van der Waals surface area (Å²) in [6.45, 7) is 6.52. The van der Waals surface area contributed by atoms with Crippen LogP contribution < -0.4 is 0 Å². The lowest BCUT2D eigenvalue weighted by molar-refractivity contribution is 0.169. The molecule has 0 amide bonds. The molecule has 2 rings (SSSR count). The average Bonchev–Trinajstić information content (AvgIpc) is 2.62. The minimum absolute atomic E-state index is 0.278. The first kappa shape index (κ1) is 13.3. The summed E-state index contributed by atoms with van der Waals surface area (Å²) in [5.74, 6) is 1.02. The Morgan fingerprint density at radius 1 is 1.47 bits per heavy atom. The van der Waals surface area contributed by atoms with Crippen molar-refractivity contribution in [3.63, 3.8) is 0 Å². The maximum absolute atomic E-state index is 10.5. The van der Waals surface area contributed by atoms with Gasteiger partial charge in [-0.05, 0) is 12.5 Å². The molecule has 0 saturated carbocycles. The van der Waals surface area contributed by atoms with E-state index < -0.39 is 6.10 Å². The van der Waals surface area contributed by atoms with Crippen LogP contribution in [0.15, 0.2) is 6.20 Å². The maximum Gasteiger partial charge on any atom is 0.108 e. The summed E-state index contributed by atoms with van der Waals surface area (Å²) in [4.78, 5) is 0. The van der Waals surface area contributed by atoms with Crippen molar-refractivity contribution in [2.45, 2.75) is 42.6 Å². The monoisotopic (exact) mass is 272 g/mol. The number of aliphatic hydroxyl groups is 1. The first-order chi connectivity index (χ1) is 8.00. The molecule has 17 heavy (non-hydrogen) atoms. The molecule has 0 bridgehead atoms. The molecule has 1 aliphatic rings. The summed E-state index contributed by atoms with van der Waals surface area (Å²) in [5.41, 5.74) is 2.04. The minimum Gasteiger partial charge on any atom is -0.386 e. The molecule has 1 aromatic rings. The number of aromatic nitrogens is 2. The second-order valence-corrected chi connectivity index (χ2v) is 7.73. The Balaban J connectivity index is 2.13. The fourth-order valence-corrected chi connectivity index (χ4v) is 5.11. The van der Waals surface area contributed by atoms with Crippen LogP contribution in [-0.2, 0) is 7.05 Å². The fourth-order valence-electron chi connectivity index (χ4n) is 2.13. The smallest absolute Gasteiger partial charge is 0.108 e. The number of aryl methyl sites for hydroxylation is 2. The number of rotatable bonds is 2. The molecule has 5 heteroatoms. The highest BCUT2D eigenvalue weighted by Gasteiger charge is 2.32. The second kappa shape index (κ2) is 5.24. The number of aliphatic hydroxyl groups excluding tert-OH is 1. The Morgan fingerprint density at radius 3 is 2.71 bits per heavy atom. The van der Waals surface area contributed by atoms with Gasteiger partial charge in [0.25, 0.3) is 0 Å². The third kappa shape index (κ3) is 2.66. The van der Waals surface area contributed by atoms with Gasteiger partial charge >= 0.3 is 0 Å². The van der Waals surface area contributed by atoms with E-state index in [9.17, 15) is 5.11 Å². The highest BCUT2D eigenvalue weighted by atomic mass is 32.2. The van der Waals surface area contributed by atoms with E-state index in [0.717, 1.165) is 17.0 Å². The summed E-state index contributed by atoms with van der Waals surface area (Å²) in [7, 11) is 1.90. The van der Waals surface area contributed by atoms with Gasteiger partial charge in [0.05, 0.1) is 11.9 Å². The molecule has 0 aromatic carbocycles. The van der Waals surface area contributed by atoms with Crippen LogP contribution >= 0.6 is 23.5 Å². The van der Waals surface area contributed by atoms with E-state index >= 15 is 0 Å². The van der Waals surface area contributed by atoms with E-state index in [1.807, 2.05) is 43.7 Å². The minimum atomic E-state index is -0.407. The van der Waals surface area contributed by atoms with Gasteiger partial charge in [-0.3, -0.25) is 4.68 Å². The third-order valence-electron chi connectivity index (χ3n) is 3.38. The summed E-state index contributed by atoms with van der Waals surface area (Å²) >= 11 is 3.87. The van der Waals surface area contributed by atoms with Crippen molar-refractivity contribution in [2.24, 2.45) is 7.05 Å². The van der Waals surface area contributed by atoms with Gasteiger partial charge in [0.15, 0.2) is 0 Å². The Labute approximate surface area is 111 Å². The van der Waals surface area contributed by atoms with Crippen LogP contribution in [0.2, 0.25) is 0 Å². The molecule has 0 aliphatic carbocycles. The van der Waals surface area contributed by atoms with Crippen LogP contribution in [-0.4, -0.2) is 36.4 Å². The zero-order valence-corrected chi connectivity index (χ0v) is 12.4. The first-order valence-electron chi connectivity index (χ1n) is 5.94. The van der Waals surface area contributed by atoms with E-state index in [4.69, 9.17) is 0 Å². The molecule has 0 spiro atoms. The normalized spacial score (nSPS) is 31.5. The van der Waals surface area contributed by atoms with Crippen molar-refractivity contribution in [3.05, 3.63) is 17.5 Å². The first-order valence-corrected chi connectivity index (χ1v) is 7.93. The lowest BCUT2D eigenvalue weighted by atomic mass is 10.1. The van der Waals surface area contributed by atoms with Crippen molar-refractivity contribution < 1.29 is 5.11 Å². The van der Waals surface area contributed by atoms with Gasteiger partial charge < -0.3 is 5.11 Å². The van der Waals surface area contributed by atoms with Gasteiger partial charge in [-0.25, -0.2) is 0 Å². The summed E-state index contributed by atoms with van der Waals surface area (Å²) < 4.78 is 1.80. The molecule has 1 fully saturated rings. The van der Waals surface area contributed by atoms with Crippen molar-refractivity contribution in [1.29, 1.82) is 0 Å². The largest absolute Gasteiger partial charge is 0.386 e. The highest BCUT2D eigenvalue weighted by molar-refractivity contribution is 8.07. The SMILES string of the molecule is Cc1cnn(C)c1C(O)C1CSC(C)C(C)S1. The lowest BCUT2D eigenvalue weighted by Gasteiger charge is -2.34. The third-order valence-corrected chi connectivity index (χ3v) is 6.86. The van der Waals surface area contributed by atoms with Gasteiger partial charge in [0.1, 0.15) is 6.10 Å². The van der Waals surface area contributed by atoms with Gasteiger partial charge in [-0.1, -0.05) is 13.8 Å². The Bertz CT molecular complexity index is 374. The fraction of sp³-hybridized carbons (Fsp3) is 0.750. The number of nitrogens with zero attached hydrogens (tertiary/aromatic N) is 2. The maximum atomic E-state index is 10.5. The Hall–Kier alpha value is -0.130. The van der Waals surface area contributed by atoms with E-state index in [0.29, 0.717) is 10.5 Å². The van der Waals surface area contributed by atoms with Gasteiger partial charge in [-0.15, -0.1) is 0 Å². The van der Waals surface area contributed by atoms with Crippen molar-refractivity contribution in [2.75, 3.05) is 5.75 Å². The number of thioether (sulfide) groups is 2. The molecule has 4 unspecified atom stereocenters. The second-order valence-electron chi connectivity index (χ2n) is 4.70. The Kier molecular flexibility index (Phi) is 4.10. The molecule has 1 saturated heterocycles. The molecular weight excluding hydrogens is 252 g/mol. The van der Waals surface area contributed by atoms with Crippen LogP contribution in [0.4, 0.5) is 0 Å². The topological polar surface area (TPSA) is 38.0 Å². The molecular formula is C12H20N2OS2. The van der Waals surface area contributed by atoms with E-state index in [-0.39, 0.29) is 5.25 Å². The summed E-state index contributed by atoms with van der Waals surface area (Å²) in [5, 5.41) is 16.3. The van der Waals surface area contributed by atoms with Crippen LogP contribution in [0.25, 0.3) is 0 Å². The quantitative estimate of drug-likeness (QED) is 0.897. The molecule has 1 aromatic heterocycles. The lowest BCUT2D eigenvalue weighted by Crippen LogP contribution is -2.31. The van der Waals surface area contributed by atoms with Crippen LogP contribution in [0.1, 0.15) is 31.2 Å². The summed E-state index contributed by atoms with van der Waals surface area (Å²) in [6.07, 6.45) is 1.42. The van der Waals surface area contributed by atoms with Crippen molar-refractivity contribution in [3.8, 4) is 0 Å². The molecule has 96 valence electrons. The Morgan fingerprint density at radius 2 is 2.18 bits per heavy atom. The molecule has 2 heterocycles. The van der Waals surface area contributed by atoms with Crippen LogP contribution in [0.3, 0.4) is 0 Å². The zero-order valence-electron chi connectivity index (χ0n) is 10.8. The van der Waals surface area contributed by atoms with E-state index in [2.05, 4.69) is 18.9 Å². The summed E-state index contributed by atoms with van der Waals surface area (Å²) in [6, 6.07) is 0. The van der Waals surface area contributed by atoms with Crippen molar-refractivity contribution in [1.82, 2.24) is 9.78 Å². The molecule has 0 radical (unpaired) electrons. The highest BCUT2D eigenvalue weighted by Crippen LogP contribution is 2.41. The van der Waals surface area contributed by atoms with Crippen LogP contribution in [0.5, 0.6) is 0 Å². The van der Waals surface area contributed by atoms with Crippen LogP contribution in [0, 0.1) is 6.92 Å². The standard InChI is InChI=1S/C12H20N2OS2/c1-7-5-13-14(4)11(7)12(15)10-6-16-8(2)9(3)17-10/h5,8-10,12,15H,6H2,1-4H3. The number of hydrogen-bond acceptors (Lipinski definition) is 4. The van der Waals surface area contributed by atoms with Crippen molar-refractivity contribution >= 4 is 23.5 Å².